The van der Waals surface area contributed by atoms with E-state index in [0.29, 0.717) is 17.1 Å². The Hall–Kier alpha value is -3.35. The molecule has 0 fully saturated rings. The molecule has 1 N–H and O–H groups in total. The zero-order chi connectivity index (χ0) is 18.5. The van der Waals surface area contributed by atoms with E-state index in [0.717, 1.165) is 11.1 Å². The molecule has 0 atom stereocenters. The summed E-state index contributed by atoms with van der Waals surface area (Å²) in [7, 11) is 3.11. The SMILES string of the molecule is COc1ccc(-c2nnc(NC(=O)Cc3ccc(C)cc3)o2)c(OC)c1. The molecule has 3 aromatic rings. The number of ether oxygens (including phenoxy) is 2. The van der Waals surface area contributed by atoms with Gasteiger partial charge in [-0.05, 0) is 24.6 Å². The van der Waals surface area contributed by atoms with Gasteiger partial charge in [0.2, 0.25) is 5.91 Å². The Morgan fingerprint density at radius 3 is 2.54 bits per heavy atom. The molecule has 7 heteroatoms. The average Bonchev–Trinajstić information content (AvgIpc) is 3.11. The highest BCUT2D eigenvalue weighted by atomic mass is 16.5. The van der Waals surface area contributed by atoms with Crippen LogP contribution in [0.1, 0.15) is 11.1 Å². The third-order valence-corrected chi connectivity index (χ3v) is 3.80. The predicted octanol–water partition coefficient (Wildman–Crippen LogP) is 3.24. The Kier molecular flexibility index (Phi) is 5.17. The van der Waals surface area contributed by atoms with Crippen molar-refractivity contribution in [3.8, 4) is 23.0 Å². The van der Waals surface area contributed by atoms with Crippen LogP contribution in [-0.2, 0) is 11.2 Å². The van der Waals surface area contributed by atoms with Gasteiger partial charge in [0.15, 0.2) is 0 Å². The van der Waals surface area contributed by atoms with Gasteiger partial charge >= 0.3 is 6.01 Å². The van der Waals surface area contributed by atoms with Crippen LogP contribution in [0.4, 0.5) is 6.01 Å². The average molecular weight is 353 g/mol. The molecule has 0 aliphatic carbocycles. The molecule has 0 unspecified atom stereocenters. The number of aryl methyl sites for hydroxylation is 1. The number of aromatic nitrogens is 2. The molecule has 0 radical (unpaired) electrons. The maximum atomic E-state index is 12.1. The molecule has 134 valence electrons. The molecule has 7 nitrogen and oxygen atoms in total. The van der Waals surface area contributed by atoms with Gasteiger partial charge in [-0.15, -0.1) is 5.10 Å². The molecule has 0 spiro atoms. The lowest BCUT2D eigenvalue weighted by molar-refractivity contribution is -0.115. The van der Waals surface area contributed by atoms with Gasteiger partial charge in [0.1, 0.15) is 11.5 Å². The topological polar surface area (TPSA) is 86.5 Å². The molecule has 2 aromatic carbocycles. The van der Waals surface area contributed by atoms with Gasteiger partial charge in [-0.3, -0.25) is 10.1 Å². The van der Waals surface area contributed by atoms with Crippen LogP contribution in [0.15, 0.2) is 46.9 Å². The van der Waals surface area contributed by atoms with Gasteiger partial charge in [0.05, 0.1) is 26.2 Å². The number of benzene rings is 2. The summed E-state index contributed by atoms with van der Waals surface area (Å²) in [5.41, 5.74) is 2.66. The highest BCUT2D eigenvalue weighted by Gasteiger charge is 2.16. The first kappa shape index (κ1) is 17.5. The van der Waals surface area contributed by atoms with Crippen molar-refractivity contribution in [3.05, 3.63) is 53.6 Å². The van der Waals surface area contributed by atoms with E-state index in [9.17, 15) is 4.79 Å². The lowest BCUT2D eigenvalue weighted by Crippen LogP contribution is -2.14. The number of methoxy groups -OCH3 is 2. The highest BCUT2D eigenvalue weighted by molar-refractivity contribution is 5.90. The van der Waals surface area contributed by atoms with Crippen LogP contribution in [0.3, 0.4) is 0 Å². The van der Waals surface area contributed by atoms with Crippen LogP contribution in [0.5, 0.6) is 11.5 Å². The first-order chi connectivity index (χ1) is 12.6. The molecule has 0 aliphatic heterocycles. The van der Waals surface area contributed by atoms with Gasteiger partial charge < -0.3 is 13.9 Å². The molecular weight excluding hydrogens is 334 g/mol. The molecule has 0 bridgehead atoms. The fourth-order valence-corrected chi connectivity index (χ4v) is 2.41. The van der Waals surface area contributed by atoms with Crippen molar-refractivity contribution in [2.75, 3.05) is 19.5 Å². The summed E-state index contributed by atoms with van der Waals surface area (Å²) in [6.45, 7) is 2.00. The van der Waals surface area contributed by atoms with Gasteiger partial charge in [0, 0.05) is 6.07 Å². The monoisotopic (exact) mass is 353 g/mol. The maximum absolute atomic E-state index is 12.1. The van der Waals surface area contributed by atoms with Crippen LogP contribution in [0.2, 0.25) is 0 Å². The van der Waals surface area contributed by atoms with Crippen LogP contribution >= 0.6 is 0 Å². The van der Waals surface area contributed by atoms with Gasteiger partial charge in [-0.1, -0.05) is 34.9 Å². The van der Waals surface area contributed by atoms with E-state index < -0.39 is 0 Å². The Morgan fingerprint density at radius 2 is 1.85 bits per heavy atom. The van der Waals surface area contributed by atoms with E-state index in [4.69, 9.17) is 13.9 Å². The summed E-state index contributed by atoms with van der Waals surface area (Å²) in [4.78, 5) is 12.1. The summed E-state index contributed by atoms with van der Waals surface area (Å²) in [6, 6.07) is 13.0. The fourth-order valence-electron chi connectivity index (χ4n) is 2.41. The lowest BCUT2D eigenvalue weighted by Gasteiger charge is -2.07. The highest BCUT2D eigenvalue weighted by Crippen LogP contribution is 2.33. The zero-order valence-electron chi connectivity index (χ0n) is 14.8. The van der Waals surface area contributed by atoms with E-state index in [1.165, 1.54) is 0 Å². The number of carbonyl (C=O) groups is 1. The van der Waals surface area contributed by atoms with E-state index in [-0.39, 0.29) is 24.2 Å². The number of nitrogens with one attached hydrogen (secondary N) is 1. The number of anilines is 1. The second-order valence-electron chi connectivity index (χ2n) is 5.69. The summed E-state index contributed by atoms with van der Waals surface area (Å²) >= 11 is 0. The van der Waals surface area contributed by atoms with Crippen molar-refractivity contribution >= 4 is 11.9 Å². The van der Waals surface area contributed by atoms with E-state index in [1.807, 2.05) is 31.2 Å². The van der Waals surface area contributed by atoms with Crippen LogP contribution in [0, 0.1) is 6.92 Å². The van der Waals surface area contributed by atoms with Crippen molar-refractivity contribution in [1.29, 1.82) is 0 Å². The summed E-state index contributed by atoms with van der Waals surface area (Å²) in [5.74, 6) is 1.20. The summed E-state index contributed by atoms with van der Waals surface area (Å²) in [5, 5.41) is 10.5. The molecule has 0 saturated heterocycles. The first-order valence-corrected chi connectivity index (χ1v) is 8.00. The zero-order valence-corrected chi connectivity index (χ0v) is 14.8. The van der Waals surface area contributed by atoms with Crippen molar-refractivity contribution in [3.63, 3.8) is 0 Å². The number of nitrogens with zero attached hydrogens (tertiary/aromatic N) is 2. The molecular formula is C19H19N3O4. The summed E-state index contributed by atoms with van der Waals surface area (Å²) < 4.78 is 16.0. The molecule has 1 heterocycles. The number of amides is 1. The van der Waals surface area contributed by atoms with Gasteiger partial charge in [-0.25, -0.2) is 0 Å². The van der Waals surface area contributed by atoms with Gasteiger partial charge in [0.25, 0.3) is 5.89 Å². The molecule has 0 aliphatic rings. The van der Waals surface area contributed by atoms with E-state index in [2.05, 4.69) is 15.5 Å². The largest absolute Gasteiger partial charge is 0.497 e. The minimum Gasteiger partial charge on any atom is -0.497 e. The first-order valence-electron chi connectivity index (χ1n) is 8.00. The quantitative estimate of drug-likeness (QED) is 0.732. The smallest absolute Gasteiger partial charge is 0.322 e. The molecule has 26 heavy (non-hydrogen) atoms. The maximum Gasteiger partial charge on any atom is 0.322 e. The molecule has 1 aromatic heterocycles. The molecule has 1 amide bonds. The Labute approximate surface area is 151 Å². The van der Waals surface area contributed by atoms with Crippen LogP contribution in [-0.4, -0.2) is 30.3 Å². The van der Waals surface area contributed by atoms with Crippen molar-refractivity contribution < 1.29 is 18.7 Å². The second kappa shape index (κ2) is 7.69. The number of carbonyl (C=O) groups excluding carboxylic acids is 1. The minimum absolute atomic E-state index is 0.0370. The van der Waals surface area contributed by atoms with E-state index in [1.54, 1.807) is 32.4 Å². The predicted molar refractivity (Wildman–Crippen MR) is 96.4 cm³/mol. The Balaban J connectivity index is 1.71. The Morgan fingerprint density at radius 1 is 1.08 bits per heavy atom. The fraction of sp³-hybridized carbons (Fsp3) is 0.211. The molecule has 0 saturated carbocycles. The van der Waals surface area contributed by atoms with Crippen LogP contribution < -0.4 is 14.8 Å². The summed E-state index contributed by atoms with van der Waals surface area (Å²) in [6.07, 6.45) is 0.226. The number of hydrogen-bond acceptors (Lipinski definition) is 6. The van der Waals surface area contributed by atoms with Gasteiger partial charge in [-0.2, -0.15) is 0 Å². The lowest BCUT2D eigenvalue weighted by atomic mass is 10.1. The van der Waals surface area contributed by atoms with E-state index >= 15 is 0 Å². The van der Waals surface area contributed by atoms with Crippen molar-refractivity contribution in [2.24, 2.45) is 0 Å². The standard InChI is InChI=1S/C19H19N3O4/c1-12-4-6-13(7-5-12)10-17(23)20-19-22-21-18(26-19)15-9-8-14(24-2)11-16(15)25-3/h4-9,11H,10H2,1-3H3,(H,20,22,23). The second-order valence-corrected chi connectivity index (χ2v) is 5.69. The minimum atomic E-state index is -0.231. The number of hydrogen-bond donors (Lipinski definition) is 1. The van der Waals surface area contributed by atoms with Crippen molar-refractivity contribution in [2.45, 2.75) is 13.3 Å². The van der Waals surface area contributed by atoms with Crippen molar-refractivity contribution in [1.82, 2.24) is 10.2 Å². The Bertz CT molecular complexity index is 903. The van der Waals surface area contributed by atoms with Crippen LogP contribution in [0.25, 0.3) is 11.5 Å². The number of rotatable bonds is 6. The third-order valence-electron chi connectivity index (χ3n) is 3.80. The molecule has 3 rings (SSSR count). The third kappa shape index (κ3) is 4.00. The normalized spacial score (nSPS) is 10.4.